The molecule has 2 atom stereocenters. The van der Waals surface area contributed by atoms with Gasteiger partial charge in [0, 0.05) is 36.4 Å². The highest BCUT2D eigenvalue weighted by Gasteiger charge is 2.47. The second-order valence-corrected chi connectivity index (χ2v) is 6.62. The number of anilines is 1. The minimum absolute atomic E-state index is 0.0182. The van der Waals surface area contributed by atoms with Crippen LogP contribution in [0.3, 0.4) is 0 Å². The molecule has 0 spiro atoms. The molecule has 2 aromatic rings. The molecule has 22 heavy (non-hydrogen) atoms. The summed E-state index contributed by atoms with van der Waals surface area (Å²) in [4.78, 5) is 23.1. The Morgan fingerprint density at radius 2 is 2.27 bits per heavy atom. The molecule has 0 radical (unpaired) electrons. The zero-order valence-corrected chi connectivity index (χ0v) is 13.1. The van der Waals surface area contributed by atoms with Gasteiger partial charge in [-0.15, -0.1) is 0 Å². The maximum absolute atomic E-state index is 12.5. The number of hydrogen-bond acceptors (Lipinski definition) is 6. The zero-order chi connectivity index (χ0) is 15.1. The van der Waals surface area contributed by atoms with Crippen LogP contribution in [0.2, 0.25) is 0 Å². The fourth-order valence-electron chi connectivity index (χ4n) is 3.13. The molecule has 7 heteroatoms. The number of rotatable bonds is 4. The van der Waals surface area contributed by atoms with Crippen LogP contribution in [0.1, 0.15) is 36.7 Å². The van der Waals surface area contributed by atoms with Crippen LogP contribution in [-0.2, 0) is 4.79 Å². The second kappa shape index (κ2) is 5.31. The smallest absolute Gasteiger partial charge is 0.225 e. The normalized spacial score (nSPS) is 24.8. The zero-order valence-electron chi connectivity index (χ0n) is 12.3. The van der Waals surface area contributed by atoms with Gasteiger partial charge in [-0.3, -0.25) is 9.78 Å². The number of hydrogen-bond donors (Lipinski definition) is 1. The third-order valence-corrected chi connectivity index (χ3v) is 4.90. The number of carbonyl (C=O) groups is 1. The van der Waals surface area contributed by atoms with Crippen molar-refractivity contribution in [2.45, 2.75) is 44.3 Å². The van der Waals surface area contributed by atoms with Crippen molar-refractivity contribution in [3.63, 3.8) is 0 Å². The topological polar surface area (TPSA) is 71.0 Å². The highest BCUT2D eigenvalue weighted by atomic mass is 32.1. The van der Waals surface area contributed by atoms with Gasteiger partial charge in [0.05, 0.1) is 12.1 Å². The van der Waals surface area contributed by atoms with E-state index in [0.717, 1.165) is 29.4 Å². The van der Waals surface area contributed by atoms with Crippen LogP contribution in [-0.4, -0.2) is 37.2 Å². The van der Waals surface area contributed by atoms with E-state index in [9.17, 15) is 4.79 Å². The summed E-state index contributed by atoms with van der Waals surface area (Å²) in [6.45, 7) is 1.87. The predicted molar refractivity (Wildman–Crippen MR) is 83.5 cm³/mol. The Hall–Kier alpha value is -2.02. The van der Waals surface area contributed by atoms with Crippen LogP contribution in [0, 0.1) is 6.92 Å². The average Bonchev–Trinajstić information content (AvgIpc) is 3.19. The number of aromatic nitrogens is 3. The van der Waals surface area contributed by atoms with Crippen LogP contribution in [0.25, 0.3) is 0 Å². The molecule has 2 fully saturated rings. The number of pyridine rings is 1. The Morgan fingerprint density at radius 1 is 1.41 bits per heavy atom. The first-order valence-electron chi connectivity index (χ1n) is 7.50. The Labute approximate surface area is 132 Å². The van der Waals surface area contributed by atoms with E-state index in [-0.39, 0.29) is 18.0 Å². The van der Waals surface area contributed by atoms with Crippen LogP contribution in [0.4, 0.5) is 5.13 Å². The van der Waals surface area contributed by atoms with Crippen molar-refractivity contribution in [2.75, 3.05) is 5.32 Å². The third-order valence-electron chi connectivity index (χ3n) is 4.17. The Kier molecular flexibility index (Phi) is 3.29. The minimum atomic E-state index is 0.0182. The maximum atomic E-state index is 12.5. The number of likely N-dealkylation sites (tertiary alicyclic amines) is 1. The first kappa shape index (κ1) is 13.6. The summed E-state index contributed by atoms with van der Waals surface area (Å²) in [5.74, 6) is 0.976. The summed E-state index contributed by atoms with van der Waals surface area (Å²) >= 11 is 1.34. The summed E-state index contributed by atoms with van der Waals surface area (Å²) in [6, 6.07) is 4.41. The van der Waals surface area contributed by atoms with E-state index in [1.54, 1.807) is 6.20 Å². The van der Waals surface area contributed by atoms with Gasteiger partial charge >= 0.3 is 0 Å². The second-order valence-electron chi connectivity index (χ2n) is 5.87. The van der Waals surface area contributed by atoms with Gasteiger partial charge in [0.2, 0.25) is 11.0 Å². The molecule has 1 aliphatic carbocycles. The highest BCUT2D eigenvalue weighted by molar-refractivity contribution is 7.09. The molecule has 6 nitrogen and oxygen atoms in total. The number of nitrogens with zero attached hydrogens (tertiary/aromatic N) is 4. The van der Waals surface area contributed by atoms with E-state index in [0.29, 0.717) is 12.5 Å². The third kappa shape index (κ3) is 2.45. The van der Waals surface area contributed by atoms with Crippen molar-refractivity contribution in [2.24, 2.45) is 0 Å². The average molecular weight is 315 g/mol. The van der Waals surface area contributed by atoms with E-state index >= 15 is 0 Å². The maximum Gasteiger partial charge on any atom is 0.225 e. The molecule has 1 saturated heterocycles. The van der Waals surface area contributed by atoms with Gasteiger partial charge in [-0.1, -0.05) is 6.07 Å². The highest BCUT2D eigenvalue weighted by Crippen LogP contribution is 2.42. The molecule has 0 aromatic carbocycles. The van der Waals surface area contributed by atoms with E-state index in [1.165, 1.54) is 11.5 Å². The molecule has 4 rings (SSSR count). The van der Waals surface area contributed by atoms with Crippen molar-refractivity contribution >= 4 is 22.6 Å². The van der Waals surface area contributed by atoms with Crippen molar-refractivity contribution in [1.82, 2.24) is 19.2 Å². The molecule has 1 saturated carbocycles. The van der Waals surface area contributed by atoms with Crippen LogP contribution >= 0.6 is 11.5 Å². The number of aryl methyl sites for hydroxylation is 1. The van der Waals surface area contributed by atoms with Crippen LogP contribution < -0.4 is 5.32 Å². The van der Waals surface area contributed by atoms with Gasteiger partial charge in [-0.05, 0) is 31.4 Å². The lowest BCUT2D eigenvalue weighted by molar-refractivity contribution is -0.129. The van der Waals surface area contributed by atoms with Crippen molar-refractivity contribution in [3.05, 3.63) is 35.9 Å². The van der Waals surface area contributed by atoms with Gasteiger partial charge in [0.15, 0.2) is 0 Å². The summed E-state index contributed by atoms with van der Waals surface area (Å²) in [5, 5.41) is 4.19. The SMILES string of the molecule is Cc1nsc(N[C@@H]2CC(=O)N(C3CC3)[C@H]2c2cccnc2)n1. The van der Waals surface area contributed by atoms with Crippen molar-refractivity contribution in [3.8, 4) is 0 Å². The van der Waals surface area contributed by atoms with Gasteiger partial charge in [0.25, 0.3) is 0 Å². The summed E-state index contributed by atoms with van der Waals surface area (Å²) in [6.07, 6.45) is 6.33. The van der Waals surface area contributed by atoms with Crippen LogP contribution in [0.15, 0.2) is 24.5 Å². The van der Waals surface area contributed by atoms with Crippen molar-refractivity contribution in [1.29, 1.82) is 0 Å². The first-order valence-corrected chi connectivity index (χ1v) is 8.27. The fourth-order valence-corrected chi connectivity index (χ4v) is 3.76. The number of carbonyl (C=O) groups excluding carboxylic acids is 1. The quantitative estimate of drug-likeness (QED) is 0.936. The van der Waals surface area contributed by atoms with Gasteiger partial charge < -0.3 is 10.2 Å². The predicted octanol–water partition coefficient (Wildman–Crippen LogP) is 2.16. The van der Waals surface area contributed by atoms with E-state index in [1.807, 2.05) is 30.2 Å². The number of amides is 1. The standard InChI is InChI=1S/C15H17N5OS/c1-9-17-15(22-19-9)18-12-7-13(21)20(11-4-5-11)14(12)10-3-2-6-16-8-10/h2-3,6,8,11-12,14H,4-5,7H2,1H3,(H,17,18,19)/t12-,14+/m1/s1. The first-order chi connectivity index (χ1) is 10.7. The van der Waals surface area contributed by atoms with Gasteiger partial charge in [-0.2, -0.15) is 4.37 Å². The molecular weight excluding hydrogens is 298 g/mol. The van der Waals surface area contributed by atoms with E-state index < -0.39 is 0 Å². The summed E-state index contributed by atoms with van der Waals surface area (Å²) < 4.78 is 4.20. The largest absolute Gasteiger partial charge is 0.355 e. The Bertz CT molecular complexity index is 684. The molecule has 2 aromatic heterocycles. The molecule has 1 aliphatic heterocycles. The lowest BCUT2D eigenvalue weighted by atomic mass is 10.0. The van der Waals surface area contributed by atoms with E-state index in [4.69, 9.17) is 0 Å². The Balaban J connectivity index is 1.65. The molecule has 0 unspecified atom stereocenters. The lowest BCUT2D eigenvalue weighted by Gasteiger charge is -2.28. The lowest BCUT2D eigenvalue weighted by Crippen LogP contribution is -2.34. The van der Waals surface area contributed by atoms with Gasteiger partial charge in [0.1, 0.15) is 5.82 Å². The molecular formula is C15H17N5OS. The molecule has 1 amide bonds. The summed E-state index contributed by atoms with van der Waals surface area (Å²) in [7, 11) is 0. The Morgan fingerprint density at radius 3 is 2.91 bits per heavy atom. The minimum Gasteiger partial charge on any atom is -0.355 e. The number of nitrogens with one attached hydrogen (secondary N) is 1. The molecule has 3 heterocycles. The van der Waals surface area contributed by atoms with Gasteiger partial charge in [-0.25, -0.2) is 4.98 Å². The molecule has 2 aliphatic rings. The summed E-state index contributed by atoms with van der Waals surface area (Å²) in [5.41, 5.74) is 1.08. The molecule has 0 bridgehead atoms. The molecule has 1 N–H and O–H groups in total. The van der Waals surface area contributed by atoms with Crippen molar-refractivity contribution < 1.29 is 4.79 Å². The monoisotopic (exact) mass is 315 g/mol. The van der Waals surface area contributed by atoms with E-state index in [2.05, 4.69) is 19.7 Å². The molecule has 114 valence electrons. The van der Waals surface area contributed by atoms with Crippen LogP contribution in [0.5, 0.6) is 0 Å². The fraction of sp³-hybridized carbons (Fsp3) is 0.467.